The lowest BCUT2D eigenvalue weighted by molar-refractivity contribution is 0.0595. The van der Waals surface area contributed by atoms with Crippen molar-refractivity contribution in [1.29, 1.82) is 0 Å². The van der Waals surface area contributed by atoms with Crippen LogP contribution in [-0.2, 0) is 14.8 Å². The van der Waals surface area contributed by atoms with Gasteiger partial charge >= 0.3 is 0 Å². The molecule has 0 amide bonds. The molecular formula is C21H28ClN5O4S. The number of aromatic nitrogens is 3. The SMILES string of the molecule is Cc1ncccc1S(=O)(=O)N1CCC(n2ncc(NC[C@H]3CCCOC3)c(Cl)c2=O)CC1. The maximum atomic E-state index is 13.0. The van der Waals surface area contributed by atoms with Crippen molar-refractivity contribution < 1.29 is 13.2 Å². The number of hydrogen-bond acceptors (Lipinski definition) is 7. The van der Waals surface area contributed by atoms with Crippen molar-refractivity contribution in [3.63, 3.8) is 0 Å². The Labute approximate surface area is 192 Å². The molecule has 1 N–H and O–H groups in total. The minimum atomic E-state index is -3.62. The third-order valence-corrected chi connectivity index (χ3v) is 8.52. The summed E-state index contributed by atoms with van der Waals surface area (Å²) in [5.41, 5.74) is 0.633. The van der Waals surface area contributed by atoms with E-state index in [9.17, 15) is 13.2 Å². The molecule has 0 spiro atoms. The molecule has 0 saturated carbocycles. The average molecular weight is 482 g/mol. The van der Waals surface area contributed by atoms with Crippen molar-refractivity contribution >= 4 is 27.3 Å². The standard InChI is InChI=1S/C21H28ClN5O4S/c1-15-19(5-2-8-23-15)32(29,30)26-9-6-17(7-10-26)27-21(28)20(22)18(13-25-27)24-12-16-4-3-11-31-14-16/h2,5,8,13,16-17,24H,3-4,6-7,9-12,14H2,1H3/t16-/m1/s1. The van der Waals surface area contributed by atoms with Crippen molar-refractivity contribution in [2.75, 3.05) is 38.2 Å². The van der Waals surface area contributed by atoms with Crippen LogP contribution in [0.2, 0.25) is 5.02 Å². The first-order valence-corrected chi connectivity index (χ1v) is 12.7. The van der Waals surface area contributed by atoms with E-state index in [0.29, 0.717) is 56.4 Å². The Bertz CT molecular complexity index is 1110. The number of halogens is 1. The summed E-state index contributed by atoms with van der Waals surface area (Å²) in [5.74, 6) is 0.386. The number of piperidine rings is 1. The highest BCUT2D eigenvalue weighted by molar-refractivity contribution is 7.89. The summed E-state index contributed by atoms with van der Waals surface area (Å²) in [7, 11) is -3.62. The van der Waals surface area contributed by atoms with Crippen LogP contribution in [0.15, 0.2) is 34.2 Å². The molecular weight excluding hydrogens is 454 g/mol. The van der Waals surface area contributed by atoms with E-state index in [-0.39, 0.29) is 21.5 Å². The van der Waals surface area contributed by atoms with E-state index in [1.165, 1.54) is 8.99 Å². The third-order valence-electron chi connectivity index (χ3n) is 6.12. The topological polar surface area (TPSA) is 106 Å². The lowest BCUT2D eigenvalue weighted by Gasteiger charge is -2.31. The fourth-order valence-electron chi connectivity index (χ4n) is 4.26. The number of pyridine rings is 1. The average Bonchev–Trinajstić information content (AvgIpc) is 2.81. The van der Waals surface area contributed by atoms with Gasteiger partial charge in [-0.1, -0.05) is 11.6 Å². The van der Waals surface area contributed by atoms with Gasteiger partial charge in [-0.15, -0.1) is 0 Å². The van der Waals surface area contributed by atoms with Crippen LogP contribution < -0.4 is 10.9 Å². The van der Waals surface area contributed by atoms with Gasteiger partial charge in [-0.05, 0) is 50.7 Å². The fraction of sp³-hybridized carbons (Fsp3) is 0.571. The third kappa shape index (κ3) is 4.83. The number of nitrogens with one attached hydrogen (secondary N) is 1. The van der Waals surface area contributed by atoms with E-state index in [1.54, 1.807) is 31.5 Å². The first-order chi connectivity index (χ1) is 15.4. The number of ether oxygens (including phenoxy) is 1. The van der Waals surface area contributed by atoms with Gasteiger partial charge in [-0.3, -0.25) is 9.78 Å². The first kappa shape index (κ1) is 23.2. The van der Waals surface area contributed by atoms with Crippen LogP contribution in [-0.4, -0.2) is 60.3 Å². The molecule has 4 heterocycles. The molecule has 0 aromatic carbocycles. The Kier molecular flexibility index (Phi) is 7.14. The highest BCUT2D eigenvalue weighted by Crippen LogP contribution is 2.27. The van der Waals surface area contributed by atoms with Gasteiger partial charge in [0.25, 0.3) is 5.56 Å². The number of sulfonamides is 1. The van der Waals surface area contributed by atoms with Gasteiger partial charge in [0, 0.05) is 32.4 Å². The highest BCUT2D eigenvalue weighted by Gasteiger charge is 2.32. The van der Waals surface area contributed by atoms with Crippen molar-refractivity contribution in [2.24, 2.45) is 5.92 Å². The summed E-state index contributed by atoms with van der Waals surface area (Å²) < 4.78 is 34.3. The molecule has 11 heteroatoms. The van der Waals surface area contributed by atoms with Crippen LogP contribution in [0.4, 0.5) is 5.69 Å². The van der Waals surface area contributed by atoms with Crippen molar-refractivity contribution in [1.82, 2.24) is 19.1 Å². The highest BCUT2D eigenvalue weighted by atomic mass is 35.5. The number of nitrogens with zero attached hydrogens (tertiary/aromatic N) is 4. The Hall–Kier alpha value is -2.01. The minimum absolute atomic E-state index is 0.109. The summed E-state index contributed by atoms with van der Waals surface area (Å²) in [6, 6.07) is 2.98. The summed E-state index contributed by atoms with van der Waals surface area (Å²) in [6.45, 7) is 4.46. The smallest absolute Gasteiger partial charge is 0.287 e. The number of rotatable bonds is 6. The molecule has 2 aliphatic heterocycles. The number of hydrogen-bond donors (Lipinski definition) is 1. The molecule has 0 radical (unpaired) electrons. The summed E-state index contributed by atoms with van der Waals surface area (Å²) in [5, 5.41) is 7.67. The summed E-state index contributed by atoms with van der Waals surface area (Å²) in [6.07, 6.45) is 6.23. The Morgan fingerprint density at radius 1 is 1.28 bits per heavy atom. The predicted molar refractivity (Wildman–Crippen MR) is 122 cm³/mol. The molecule has 2 aliphatic rings. The van der Waals surface area contributed by atoms with E-state index >= 15 is 0 Å². The zero-order valence-electron chi connectivity index (χ0n) is 18.0. The molecule has 174 valence electrons. The second-order valence-corrected chi connectivity index (χ2v) is 10.6. The van der Waals surface area contributed by atoms with Crippen LogP contribution in [0.5, 0.6) is 0 Å². The molecule has 1 atom stereocenters. The maximum absolute atomic E-state index is 13.0. The van der Waals surface area contributed by atoms with Crippen LogP contribution in [0.25, 0.3) is 0 Å². The predicted octanol–water partition coefficient (Wildman–Crippen LogP) is 2.46. The normalized spacial score (nSPS) is 20.9. The van der Waals surface area contributed by atoms with E-state index in [4.69, 9.17) is 16.3 Å². The van der Waals surface area contributed by atoms with Crippen molar-refractivity contribution in [3.8, 4) is 0 Å². The number of anilines is 1. The molecule has 2 saturated heterocycles. The van der Waals surface area contributed by atoms with Crippen molar-refractivity contribution in [2.45, 2.75) is 43.5 Å². The van der Waals surface area contributed by atoms with E-state index in [2.05, 4.69) is 15.4 Å². The summed E-state index contributed by atoms with van der Waals surface area (Å²) in [4.78, 5) is 17.2. The molecule has 2 aromatic rings. The minimum Gasteiger partial charge on any atom is -0.382 e. The number of aryl methyl sites for hydroxylation is 1. The van der Waals surface area contributed by atoms with Gasteiger partial charge in [-0.2, -0.15) is 9.40 Å². The Morgan fingerprint density at radius 2 is 2.06 bits per heavy atom. The van der Waals surface area contributed by atoms with Crippen LogP contribution in [0.3, 0.4) is 0 Å². The van der Waals surface area contributed by atoms with Gasteiger partial charge in [-0.25, -0.2) is 13.1 Å². The van der Waals surface area contributed by atoms with E-state index < -0.39 is 10.0 Å². The second-order valence-electron chi connectivity index (χ2n) is 8.31. The van der Waals surface area contributed by atoms with Crippen LogP contribution in [0, 0.1) is 12.8 Å². The Morgan fingerprint density at radius 3 is 2.75 bits per heavy atom. The molecule has 0 bridgehead atoms. The largest absolute Gasteiger partial charge is 0.382 e. The van der Waals surface area contributed by atoms with Crippen LogP contribution >= 0.6 is 11.6 Å². The van der Waals surface area contributed by atoms with Gasteiger partial charge in [0.05, 0.1) is 30.2 Å². The molecule has 2 aromatic heterocycles. The molecule has 0 unspecified atom stereocenters. The van der Waals surface area contributed by atoms with Gasteiger partial charge in [0.2, 0.25) is 10.0 Å². The zero-order valence-corrected chi connectivity index (χ0v) is 19.6. The van der Waals surface area contributed by atoms with E-state index in [1.807, 2.05) is 0 Å². The molecule has 9 nitrogen and oxygen atoms in total. The van der Waals surface area contributed by atoms with Crippen LogP contribution in [0.1, 0.15) is 37.4 Å². The second kappa shape index (κ2) is 9.86. The molecule has 2 fully saturated rings. The zero-order chi connectivity index (χ0) is 22.7. The lowest BCUT2D eigenvalue weighted by Crippen LogP contribution is -2.41. The quantitative estimate of drug-likeness (QED) is 0.675. The Balaban J connectivity index is 1.41. The van der Waals surface area contributed by atoms with E-state index in [0.717, 1.165) is 19.4 Å². The molecule has 0 aliphatic carbocycles. The lowest BCUT2D eigenvalue weighted by atomic mass is 10.0. The van der Waals surface area contributed by atoms with Crippen molar-refractivity contribution in [3.05, 3.63) is 45.6 Å². The molecule has 4 rings (SSSR count). The maximum Gasteiger partial charge on any atom is 0.287 e. The van der Waals surface area contributed by atoms with Gasteiger partial charge < -0.3 is 10.1 Å². The van der Waals surface area contributed by atoms with Gasteiger partial charge in [0.1, 0.15) is 9.92 Å². The fourth-order valence-corrected chi connectivity index (χ4v) is 6.11. The van der Waals surface area contributed by atoms with Gasteiger partial charge in [0.15, 0.2) is 0 Å². The summed E-state index contributed by atoms with van der Waals surface area (Å²) >= 11 is 6.35. The monoisotopic (exact) mass is 481 g/mol. The first-order valence-electron chi connectivity index (χ1n) is 10.9. The molecule has 32 heavy (non-hydrogen) atoms.